The third-order valence-corrected chi connectivity index (χ3v) is 7.10. The Morgan fingerprint density at radius 3 is 2.26 bits per heavy atom. The first kappa shape index (κ1) is 20.0. The first-order valence-corrected chi connectivity index (χ1v) is 10.1. The molecule has 0 unspecified atom stereocenters. The first-order valence-electron chi connectivity index (χ1n) is 7.90. The topological polar surface area (TPSA) is 57.7 Å². The number of hydrogen-bond acceptors (Lipinski definition) is 3. The number of benzene rings is 2. The number of rotatable bonds is 3. The Morgan fingerprint density at radius 1 is 0.963 bits per heavy atom. The van der Waals surface area contributed by atoms with Crippen molar-refractivity contribution >= 4 is 39.1 Å². The monoisotopic (exact) mass is 434 g/mol. The van der Waals surface area contributed by atoms with Gasteiger partial charge in [-0.05, 0) is 30.3 Å². The van der Waals surface area contributed by atoms with Crippen LogP contribution in [0.25, 0.3) is 0 Å². The number of halogens is 4. The van der Waals surface area contributed by atoms with Gasteiger partial charge in [0.25, 0.3) is 5.91 Å². The summed E-state index contributed by atoms with van der Waals surface area (Å²) < 4.78 is 53.1. The summed E-state index contributed by atoms with van der Waals surface area (Å²) in [6, 6.07) is 7.24. The van der Waals surface area contributed by atoms with Crippen molar-refractivity contribution in [2.45, 2.75) is 4.90 Å². The van der Waals surface area contributed by atoms with Gasteiger partial charge in [-0.2, -0.15) is 4.31 Å². The summed E-state index contributed by atoms with van der Waals surface area (Å²) in [5, 5.41) is 0.0735. The lowest BCUT2D eigenvalue weighted by Gasteiger charge is -2.34. The van der Waals surface area contributed by atoms with Crippen LogP contribution in [0.3, 0.4) is 0 Å². The molecule has 1 saturated heterocycles. The second kappa shape index (κ2) is 7.71. The SMILES string of the molecule is O=C(c1ccc(F)c(F)c1)N1CCN(S(=O)(=O)c2cccc(Cl)c2Cl)CC1. The number of piperazine rings is 1. The van der Waals surface area contributed by atoms with Crippen LogP contribution in [0.2, 0.25) is 10.0 Å². The smallest absolute Gasteiger partial charge is 0.254 e. The normalized spacial score (nSPS) is 15.8. The van der Waals surface area contributed by atoms with Crippen molar-refractivity contribution in [3.8, 4) is 0 Å². The van der Waals surface area contributed by atoms with Crippen LogP contribution in [0, 0.1) is 11.6 Å². The van der Waals surface area contributed by atoms with E-state index in [9.17, 15) is 22.0 Å². The highest BCUT2D eigenvalue weighted by Crippen LogP contribution is 2.31. The van der Waals surface area contributed by atoms with Crippen LogP contribution in [-0.2, 0) is 10.0 Å². The Morgan fingerprint density at radius 2 is 1.63 bits per heavy atom. The second-order valence-corrected chi connectivity index (χ2v) is 8.57. The van der Waals surface area contributed by atoms with Gasteiger partial charge in [0.05, 0.1) is 10.0 Å². The van der Waals surface area contributed by atoms with Crippen LogP contribution in [0.4, 0.5) is 8.78 Å². The Labute approximate surface area is 165 Å². The standard InChI is InChI=1S/C17H14Cl2F2N2O3S/c18-12-2-1-3-15(16(12)19)27(25,26)23-8-6-22(7-9-23)17(24)11-4-5-13(20)14(21)10-11/h1-5,10H,6-9H2. The minimum atomic E-state index is -3.87. The van der Waals surface area contributed by atoms with Crippen LogP contribution in [-0.4, -0.2) is 49.7 Å². The molecule has 0 radical (unpaired) electrons. The van der Waals surface area contributed by atoms with Crippen molar-refractivity contribution in [2.24, 2.45) is 0 Å². The molecule has 5 nitrogen and oxygen atoms in total. The molecule has 0 N–H and O–H groups in total. The quantitative estimate of drug-likeness (QED) is 0.743. The fourth-order valence-electron chi connectivity index (χ4n) is 2.77. The molecule has 27 heavy (non-hydrogen) atoms. The molecule has 144 valence electrons. The van der Waals surface area contributed by atoms with Gasteiger partial charge in [0.1, 0.15) is 4.90 Å². The van der Waals surface area contributed by atoms with Gasteiger partial charge < -0.3 is 4.90 Å². The molecule has 0 aliphatic carbocycles. The fraction of sp³-hybridized carbons (Fsp3) is 0.235. The van der Waals surface area contributed by atoms with Crippen molar-refractivity contribution in [3.63, 3.8) is 0 Å². The van der Waals surface area contributed by atoms with Gasteiger partial charge in [-0.3, -0.25) is 4.79 Å². The van der Waals surface area contributed by atoms with E-state index >= 15 is 0 Å². The Balaban J connectivity index is 1.74. The molecule has 10 heteroatoms. The predicted molar refractivity (Wildman–Crippen MR) is 97.5 cm³/mol. The molecule has 2 aromatic rings. The molecule has 0 aromatic heterocycles. The van der Waals surface area contributed by atoms with Crippen LogP contribution in [0.1, 0.15) is 10.4 Å². The summed E-state index contributed by atoms with van der Waals surface area (Å²) in [4.78, 5) is 13.7. The number of carbonyl (C=O) groups is 1. The lowest BCUT2D eigenvalue weighted by atomic mass is 10.1. The average Bonchev–Trinajstić information content (AvgIpc) is 2.65. The van der Waals surface area contributed by atoms with E-state index in [1.165, 1.54) is 33.5 Å². The van der Waals surface area contributed by atoms with Crippen LogP contribution in [0.15, 0.2) is 41.3 Å². The van der Waals surface area contributed by atoms with Gasteiger partial charge in [0, 0.05) is 31.7 Å². The van der Waals surface area contributed by atoms with Gasteiger partial charge in [0.2, 0.25) is 10.0 Å². The van der Waals surface area contributed by atoms with Crippen LogP contribution >= 0.6 is 23.2 Å². The van der Waals surface area contributed by atoms with Crippen molar-refractivity contribution in [3.05, 3.63) is 63.6 Å². The summed E-state index contributed by atoms with van der Waals surface area (Å²) in [5.41, 5.74) is 0.00286. The summed E-state index contributed by atoms with van der Waals surface area (Å²) in [5.74, 6) is -2.65. The summed E-state index contributed by atoms with van der Waals surface area (Å²) in [6.45, 7) is 0.297. The summed E-state index contributed by atoms with van der Waals surface area (Å²) >= 11 is 11.9. The Hall–Kier alpha value is -1.74. The minimum Gasteiger partial charge on any atom is -0.336 e. The highest BCUT2D eigenvalue weighted by atomic mass is 35.5. The zero-order chi connectivity index (χ0) is 19.8. The van der Waals surface area contributed by atoms with Crippen LogP contribution in [0.5, 0.6) is 0 Å². The van der Waals surface area contributed by atoms with Crippen molar-refractivity contribution < 1.29 is 22.0 Å². The zero-order valence-electron chi connectivity index (χ0n) is 13.8. The summed E-state index contributed by atoms with van der Waals surface area (Å²) in [6.07, 6.45) is 0. The molecule has 0 saturated carbocycles. The van der Waals surface area contributed by atoms with Gasteiger partial charge in [-0.1, -0.05) is 29.3 Å². The molecule has 1 amide bonds. The van der Waals surface area contributed by atoms with E-state index < -0.39 is 27.6 Å². The first-order chi connectivity index (χ1) is 12.7. The van der Waals surface area contributed by atoms with Gasteiger partial charge >= 0.3 is 0 Å². The lowest BCUT2D eigenvalue weighted by Crippen LogP contribution is -2.50. The molecule has 2 aromatic carbocycles. The van der Waals surface area contributed by atoms with Crippen molar-refractivity contribution in [2.75, 3.05) is 26.2 Å². The maximum Gasteiger partial charge on any atom is 0.254 e. The van der Waals surface area contributed by atoms with Crippen molar-refractivity contribution in [1.29, 1.82) is 0 Å². The number of sulfonamides is 1. The molecule has 0 atom stereocenters. The molecule has 1 fully saturated rings. The highest BCUT2D eigenvalue weighted by molar-refractivity contribution is 7.89. The second-order valence-electron chi connectivity index (χ2n) is 5.88. The van der Waals surface area contributed by atoms with E-state index in [0.29, 0.717) is 0 Å². The third kappa shape index (κ3) is 3.94. The van der Waals surface area contributed by atoms with Crippen LogP contribution < -0.4 is 0 Å². The fourth-order valence-corrected chi connectivity index (χ4v) is 4.92. The molecular weight excluding hydrogens is 421 g/mol. The number of hydrogen-bond donors (Lipinski definition) is 0. The average molecular weight is 435 g/mol. The number of carbonyl (C=O) groups excluding carboxylic acids is 1. The maximum absolute atomic E-state index is 13.3. The largest absolute Gasteiger partial charge is 0.336 e. The number of amides is 1. The van der Waals surface area contributed by atoms with E-state index in [2.05, 4.69) is 0 Å². The molecule has 1 aliphatic heterocycles. The van der Waals surface area contributed by atoms with E-state index in [0.717, 1.165) is 12.1 Å². The molecule has 0 spiro atoms. The maximum atomic E-state index is 13.3. The van der Waals surface area contributed by atoms with E-state index in [1.54, 1.807) is 0 Å². The molecule has 1 aliphatic rings. The third-order valence-electron chi connectivity index (χ3n) is 4.23. The zero-order valence-corrected chi connectivity index (χ0v) is 16.2. The molecular formula is C17H14Cl2F2N2O3S. The highest BCUT2D eigenvalue weighted by Gasteiger charge is 2.32. The number of nitrogens with zero attached hydrogens (tertiary/aromatic N) is 2. The predicted octanol–water partition coefficient (Wildman–Crippen LogP) is 3.42. The van der Waals surface area contributed by atoms with Gasteiger partial charge in [-0.25, -0.2) is 17.2 Å². The minimum absolute atomic E-state index is 0.00286. The van der Waals surface area contributed by atoms with Crippen molar-refractivity contribution in [1.82, 2.24) is 9.21 Å². The molecule has 0 bridgehead atoms. The van der Waals surface area contributed by atoms with Gasteiger partial charge in [-0.15, -0.1) is 0 Å². The molecule has 3 rings (SSSR count). The summed E-state index contributed by atoms with van der Waals surface area (Å²) in [7, 11) is -3.87. The Kier molecular flexibility index (Phi) is 5.71. The Bertz CT molecular complexity index is 994. The van der Waals surface area contributed by atoms with E-state index in [4.69, 9.17) is 23.2 Å². The van der Waals surface area contributed by atoms with E-state index in [-0.39, 0.29) is 46.7 Å². The molecule has 1 heterocycles. The lowest BCUT2D eigenvalue weighted by molar-refractivity contribution is 0.0697. The van der Waals surface area contributed by atoms with Gasteiger partial charge in [0.15, 0.2) is 11.6 Å². The van der Waals surface area contributed by atoms with E-state index in [1.807, 2.05) is 0 Å².